The second kappa shape index (κ2) is 6.85. The van der Waals surface area contributed by atoms with Crippen LogP contribution in [0.2, 0.25) is 0 Å². The fraction of sp³-hybridized carbons (Fsp3) is 0.533. The van der Waals surface area contributed by atoms with Crippen LogP contribution in [0.15, 0.2) is 24.3 Å². The summed E-state index contributed by atoms with van der Waals surface area (Å²) in [5.74, 6) is -0.373. The third kappa shape index (κ3) is 4.14. The quantitative estimate of drug-likeness (QED) is 0.895. The molecule has 21 heavy (non-hydrogen) atoms. The van der Waals surface area contributed by atoms with E-state index in [1.807, 2.05) is 0 Å². The van der Waals surface area contributed by atoms with Crippen LogP contribution in [0, 0.1) is 5.82 Å². The molecule has 1 aromatic rings. The molecule has 0 heterocycles. The third-order valence-electron chi connectivity index (χ3n) is 3.76. The van der Waals surface area contributed by atoms with E-state index in [2.05, 4.69) is 5.32 Å². The Morgan fingerprint density at radius 1 is 1.43 bits per heavy atom. The molecule has 6 heteroatoms. The second-order valence-electron chi connectivity index (χ2n) is 5.31. The molecule has 0 spiro atoms. The van der Waals surface area contributed by atoms with Crippen molar-refractivity contribution in [3.63, 3.8) is 0 Å². The number of halogens is 2. The van der Waals surface area contributed by atoms with Crippen LogP contribution >= 0.6 is 0 Å². The molecule has 0 aromatic heterocycles. The molecule has 4 nitrogen and oxygen atoms in total. The molecule has 1 amide bonds. The number of nitrogens with one attached hydrogen (secondary N) is 1. The predicted octanol–water partition coefficient (Wildman–Crippen LogP) is 3.43. The minimum absolute atomic E-state index is 0.0843. The lowest BCUT2D eigenvalue weighted by Gasteiger charge is -2.33. The zero-order valence-electron chi connectivity index (χ0n) is 11.8. The molecular formula is C15H19F2NO3. The summed E-state index contributed by atoms with van der Waals surface area (Å²) >= 11 is 0. The predicted molar refractivity (Wildman–Crippen MR) is 73.4 cm³/mol. The van der Waals surface area contributed by atoms with Crippen LogP contribution < -0.4 is 5.32 Å². The Bertz CT molecular complexity index is 498. The molecule has 116 valence electrons. The van der Waals surface area contributed by atoms with Gasteiger partial charge in [-0.15, -0.1) is 0 Å². The van der Waals surface area contributed by atoms with Gasteiger partial charge in [-0.1, -0.05) is 18.2 Å². The fourth-order valence-electron chi connectivity index (χ4n) is 2.69. The molecule has 1 fully saturated rings. The first-order valence-corrected chi connectivity index (χ1v) is 7.00. The van der Waals surface area contributed by atoms with Gasteiger partial charge in [0.25, 0.3) is 0 Å². The number of amides is 1. The first kappa shape index (κ1) is 15.7. The van der Waals surface area contributed by atoms with Crippen LogP contribution in [-0.2, 0) is 4.74 Å². The lowest BCUT2D eigenvalue weighted by atomic mass is 9.91. The molecule has 4 unspecified atom stereocenters. The zero-order valence-corrected chi connectivity index (χ0v) is 11.8. The molecule has 0 bridgehead atoms. The fourth-order valence-corrected chi connectivity index (χ4v) is 2.69. The highest BCUT2D eigenvalue weighted by molar-refractivity contribution is 5.64. The zero-order chi connectivity index (χ0) is 15.4. The lowest BCUT2D eigenvalue weighted by molar-refractivity contribution is -0.0687. The monoisotopic (exact) mass is 299 g/mol. The van der Waals surface area contributed by atoms with Crippen molar-refractivity contribution in [1.82, 2.24) is 5.32 Å². The average molecular weight is 299 g/mol. The molecule has 0 aliphatic heterocycles. The minimum Gasteiger partial charge on any atom is -0.465 e. The smallest absolute Gasteiger partial charge is 0.404 e. The summed E-state index contributed by atoms with van der Waals surface area (Å²) in [5, 5.41) is 10.9. The number of carbonyl (C=O) groups is 1. The molecule has 2 N–H and O–H groups in total. The first-order valence-electron chi connectivity index (χ1n) is 7.00. The van der Waals surface area contributed by atoms with Gasteiger partial charge in [0.1, 0.15) is 12.0 Å². The normalized spacial score (nSPS) is 27.1. The number of rotatable bonds is 4. The maximum Gasteiger partial charge on any atom is 0.404 e. The van der Waals surface area contributed by atoms with Gasteiger partial charge in [0.15, 0.2) is 0 Å². The van der Waals surface area contributed by atoms with Gasteiger partial charge in [0, 0.05) is 18.0 Å². The molecule has 1 aromatic carbocycles. The summed E-state index contributed by atoms with van der Waals surface area (Å²) < 4.78 is 33.4. The van der Waals surface area contributed by atoms with Crippen LogP contribution in [0.5, 0.6) is 0 Å². The Labute approximate surface area is 122 Å². The van der Waals surface area contributed by atoms with Crippen molar-refractivity contribution in [2.24, 2.45) is 0 Å². The summed E-state index contributed by atoms with van der Waals surface area (Å²) in [6, 6.07) is 5.87. The summed E-state index contributed by atoms with van der Waals surface area (Å²) in [5.41, 5.74) is 0.399. The van der Waals surface area contributed by atoms with Crippen LogP contribution in [0.1, 0.15) is 37.9 Å². The molecule has 1 saturated carbocycles. The van der Waals surface area contributed by atoms with Gasteiger partial charge in [-0.25, -0.2) is 13.6 Å². The highest BCUT2D eigenvalue weighted by Gasteiger charge is 2.33. The van der Waals surface area contributed by atoms with E-state index in [4.69, 9.17) is 9.84 Å². The van der Waals surface area contributed by atoms with Gasteiger partial charge < -0.3 is 15.2 Å². The first-order chi connectivity index (χ1) is 9.97. The number of hydrogen-bond acceptors (Lipinski definition) is 2. The van der Waals surface area contributed by atoms with E-state index in [0.717, 1.165) is 0 Å². The number of benzene rings is 1. The van der Waals surface area contributed by atoms with Gasteiger partial charge in [0.05, 0.1) is 12.2 Å². The van der Waals surface area contributed by atoms with Crippen LogP contribution in [0.3, 0.4) is 0 Å². The van der Waals surface area contributed by atoms with Gasteiger partial charge >= 0.3 is 6.09 Å². The molecule has 1 aliphatic rings. The van der Waals surface area contributed by atoms with E-state index in [9.17, 15) is 13.6 Å². The highest BCUT2D eigenvalue weighted by Crippen LogP contribution is 2.30. The molecular weight excluding hydrogens is 280 g/mol. The third-order valence-corrected chi connectivity index (χ3v) is 3.76. The van der Waals surface area contributed by atoms with E-state index >= 15 is 0 Å². The van der Waals surface area contributed by atoms with Crippen molar-refractivity contribution < 1.29 is 23.4 Å². The van der Waals surface area contributed by atoms with Gasteiger partial charge in [-0.3, -0.25) is 0 Å². The topological polar surface area (TPSA) is 58.6 Å². The van der Waals surface area contributed by atoms with Crippen molar-refractivity contribution >= 4 is 6.09 Å². The molecule has 0 saturated heterocycles. The maximum atomic E-state index is 14.1. The van der Waals surface area contributed by atoms with Gasteiger partial charge in [-0.2, -0.15) is 0 Å². The Morgan fingerprint density at radius 2 is 2.14 bits per heavy atom. The Balaban J connectivity index is 1.92. The Kier molecular flexibility index (Phi) is 5.12. The highest BCUT2D eigenvalue weighted by atomic mass is 19.1. The van der Waals surface area contributed by atoms with E-state index in [-0.39, 0.29) is 18.3 Å². The minimum atomic E-state index is -1.26. The van der Waals surface area contributed by atoms with Crippen molar-refractivity contribution in [3.8, 4) is 0 Å². The van der Waals surface area contributed by atoms with E-state index in [1.54, 1.807) is 25.1 Å². The Morgan fingerprint density at radius 3 is 2.76 bits per heavy atom. The standard InChI is InChI=1S/C15H19F2NO3/c1-9(11-4-2-3-5-12(11)16)21-14-7-6-10(8-13(14)17)18-15(19)20/h2-5,9-10,13-14,18H,6-8H2,1H3,(H,19,20). The Hall–Kier alpha value is -1.69. The largest absolute Gasteiger partial charge is 0.465 e. The van der Waals surface area contributed by atoms with E-state index in [0.29, 0.717) is 18.4 Å². The van der Waals surface area contributed by atoms with Gasteiger partial charge in [-0.05, 0) is 25.8 Å². The summed E-state index contributed by atoms with van der Waals surface area (Å²) in [6.07, 6.45) is -2.58. The summed E-state index contributed by atoms with van der Waals surface area (Å²) in [7, 11) is 0. The summed E-state index contributed by atoms with van der Waals surface area (Å²) in [6.45, 7) is 1.69. The molecule has 2 rings (SSSR count). The van der Waals surface area contributed by atoms with Crippen molar-refractivity contribution in [3.05, 3.63) is 35.6 Å². The van der Waals surface area contributed by atoms with Crippen molar-refractivity contribution in [1.29, 1.82) is 0 Å². The number of hydrogen-bond donors (Lipinski definition) is 2. The second-order valence-corrected chi connectivity index (χ2v) is 5.31. The van der Waals surface area contributed by atoms with Crippen molar-refractivity contribution in [2.75, 3.05) is 0 Å². The van der Waals surface area contributed by atoms with E-state index in [1.165, 1.54) is 6.07 Å². The van der Waals surface area contributed by atoms with Crippen LogP contribution in [0.4, 0.5) is 13.6 Å². The van der Waals surface area contributed by atoms with E-state index < -0.39 is 24.5 Å². The number of ether oxygens (including phenoxy) is 1. The van der Waals surface area contributed by atoms with Crippen LogP contribution in [-0.4, -0.2) is 29.5 Å². The van der Waals surface area contributed by atoms with Gasteiger partial charge in [0.2, 0.25) is 0 Å². The number of carboxylic acid groups (broad SMARTS) is 1. The summed E-state index contributed by atoms with van der Waals surface area (Å²) in [4.78, 5) is 10.5. The molecule has 1 aliphatic carbocycles. The molecule has 0 radical (unpaired) electrons. The SMILES string of the molecule is CC(OC1CCC(NC(=O)O)CC1F)c1ccccc1F. The number of alkyl halides is 1. The molecule has 4 atom stereocenters. The average Bonchev–Trinajstić information content (AvgIpc) is 2.41. The van der Waals surface area contributed by atoms with Crippen LogP contribution in [0.25, 0.3) is 0 Å². The lowest BCUT2D eigenvalue weighted by Crippen LogP contribution is -2.44. The van der Waals surface area contributed by atoms with Crippen molar-refractivity contribution in [2.45, 2.75) is 50.6 Å². The maximum absolute atomic E-state index is 14.1.